The average Bonchev–Trinajstić information content (AvgIpc) is 1.58. The quantitative estimate of drug-likeness (QED) is 0.0128. The fraction of sp³-hybridized carbons (Fsp3) is 0.566. The molecule has 10 N–H and O–H groups in total. The first kappa shape index (κ1) is 85.2. The fourth-order valence-corrected chi connectivity index (χ4v) is 10.7. The summed E-state index contributed by atoms with van der Waals surface area (Å²) in [6, 6.07) is 36.4. The predicted octanol–water partition coefficient (Wildman–Crippen LogP) is 10.8. The van der Waals surface area contributed by atoms with E-state index in [2.05, 4.69) is 103 Å². The van der Waals surface area contributed by atoms with E-state index in [-0.39, 0.29) is 87.4 Å². The van der Waals surface area contributed by atoms with Gasteiger partial charge in [-0.1, -0.05) is 135 Å². The molecule has 0 amide bonds. The zero-order valence-electron chi connectivity index (χ0n) is 60.0. The summed E-state index contributed by atoms with van der Waals surface area (Å²) >= 11 is 0. The van der Waals surface area contributed by atoms with Crippen LogP contribution in [0.5, 0.6) is 0 Å². The van der Waals surface area contributed by atoms with Crippen LogP contribution in [0.25, 0.3) is 0 Å². The minimum atomic E-state index is -4.54. The molecule has 10 rings (SSSR count). The van der Waals surface area contributed by atoms with E-state index in [1.54, 1.807) is 24.3 Å². The number of aliphatic hydroxyl groups excluding tert-OH is 8. The molecule has 10 atom stereocenters. The van der Waals surface area contributed by atoms with Gasteiger partial charge in [0.05, 0.1) is 102 Å². The molecule has 5 aromatic rings. The van der Waals surface area contributed by atoms with E-state index in [1.165, 1.54) is 41.0 Å². The molecule has 0 aliphatic carbocycles. The van der Waals surface area contributed by atoms with Crippen LogP contribution in [-0.2, 0) is 83.9 Å². The first-order valence-electron chi connectivity index (χ1n) is 35.6. The van der Waals surface area contributed by atoms with Crippen molar-refractivity contribution in [2.75, 3.05) is 59.4 Å². The van der Waals surface area contributed by atoms with Crippen molar-refractivity contribution in [1.82, 2.24) is 5.48 Å². The molecule has 105 heavy (non-hydrogen) atoms. The standard InChI is InChI=1S/C24H27F3N4O3.C20H29NO4.C16H21F3N2O3.C16H24N2O4/c1-22(28-29-22)18-8-2-16(3-9-18)6-12-20(32)14-34-15-21(33)13-7-17-4-10-19(11-5-17)23(30-31-23)24(25,26)27;1-3-17(22)10-11-19(24)13-25-12-18(23)9-6-15-4-7-16(8-5-15)20(2)14-21-20;1-2-13(22)9-24-10-14(23)8-5-11-3-6-12(7-4-11)15(20-21-15)16(17,18)19;1-16(11-17-16)13-5-2-12(3-6-13)4-7-14(19)9-22-10-15(20)8-18-21/h2-5,8-11,20-21,32-33H,6-7,12-15H2,1H3;4-5,7-8,14,18-19,23-24H,3,6,9-13H2,1-2H3;3-4,6-7,13-14,22-23H,2,5,8-10H2,1H3;2-3,5-6,11,14-15,18-21H,4,7-10H2,1H3. The van der Waals surface area contributed by atoms with Crippen LogP contribution in [0.4, 0.5) is 26.3 Å². The second kappa shape index (κ2) is 39.7. The Morgan fingerprint density at radius 1 is 0.390 bits per heavy atom. The topological polar surface area (TPSA) is 347 Å². The lowest BCUT2D eigenvalue weighted by Gasteiger charge is -2.16. The molecule has 0 saturated heterocycles. The van der Waals surface area contributed by atoms with E-state index in [9.17, 15) is 72.0 Å². The lowest BCUT2D eigenvalue weighted by atomic mass is 9.97. The number of benzene rings is 5. The number of aliphatic imine (C=N–C) groups is 2. The van der Waals surface area contributed by atoms with Gasteiger partial charge >= 0.3 is 23.7 Å². The largest absolute Gasteiger partial charge is 0.442 e. The smallest absolute Gasteiger partial charge is 0.391 e. The molecule has 5 aliphatic heterocycles. The number of hydrogen-bond acceptors (Lipinski definition) is 23. The van der Waals surface area contributed by atoms with Crippen molar-refractivity contribution in [1.29, 1.82) is 0 Å². The summed E-state index contributed by atoms with van der Waals surface area (Å²) in [4.78, 5) is 19.7. The summed E-state index contributed by atoms with van der Waals surface area (Å²) in [5.74, 6) is 0.146. The number of aliphatic hydroxyl groups is 8. The number of nitrogens with one attached hydrogen (secondary N) is 1. The number of nitrogens with zero attached hydrogens (tertiary/aromatic N) is 8. The van der Waals surface area contributed by atoms with Crippen molar-refractivity contribution < 1.29 is 96.1 Å². The number of aryl methyl sites for hydroxylation is 5. The van der Waals surface area contributed by atoms with E-state index in [0.717, 1.165) is 40.7 Å². The predicted molar refractivity (Wildman–Crippen MR) is 379 cm³/mol. The van der Waals surface area contributed by atoms with E-state index in [4.69, 9.17) is 24.2 Å². The Hall–Kier alpha value is -7.07. The number of hydroxylamine groups is 1. The van der Waals surface area contributed by atoms with Gasteiger partial charge in [0.15, 0.2) is 0 Å². The molecule has 5 aliphatic rings. The molecular formula is C76H101F6N9O14. The highest BCUT2D eigenvalue weighted by atomic mass is 19.4. The zero-order valence-corrected chi connectivity index (χ0v) is 60.0. The first-order valence-corrected chi connectivity index (χ1v) is 35.6. The van der Waals surface area contributed by atoms with Gasteiger partial charge in [-0.3, -0.25) is 14.8 Å². The summed E-state index contributed by atoms with van der Waals surface area (Å²) in [7, 11) is 0. The minimum absolute atomic E-state index is 0.00353. The maximum absolute atomic E-state index is 13.0. The second-order valence-electron chi connectivity index (χ2n) is 27.5. The maximum Gasteiger partial charge on any atom is 0.442 e. The van der Waals surface area contributed by atoms with Crippen LogP contribution < -0.4 is 5.48 Å². The first-order chi connectivity index (χ1) is 49.9. The van der Waals surface area contributed by atoms with Gasteiger partial charge in [0.2, 0.25) is 5.66 Å². The molecule has 10 unspecified atom stereocenters. The normalized spacial score (nSPS) is 20.2. The van der Waals surface area contributed by atoms with E-state index >= 15 is 0 Å². The Kier molecular flexibility index (Phi) is 32.2. The lowest BCUT2D eigenvalue weighted by Crippen LogP contribution is -2.30. The number of hydrogen-bond donors (Lipinski definition) is 10. The molecule has 576 valence electrons. The highest BCUT2D eigenvalue weighted by Gasteiger charge is 2.66. The van der Waals surface area contributed by atoms with Gasteiger partial charge in [0, 0.05) is 48.5 Å². The van der Waals surface area contributed by atoms with Gasteiger partial charge < -0.3 is 65.0 Å². The van der Waals surface area contributed by atoms with Crippen LogP contribution in [0, 0.1) is 0 Å². The number of alkyl halides is 6. The van der Waals surface area contributed by atoms with Gasteiger partial charge in [-0.25, -0.2) is 5.48 Å². The van der Waals surface area contributed by atoms with Crippen molar-refractivity contribution in [3.8, 4) is 0 Å². The summed E-state index contributed by atoms with van der Waals surface area (Å²) in [5, 5.41) is 107. The minimum Gasteiger partial charge on any atom is -0.391 e. The molecule has 0 spiro atoms. The Bertz CT molecular complexity index is 3560. The van der Waals surface area contributed by atoms with Crippen molar-refractivity contribution in [3.05, 3.63) is 177 Å². The van der Waals surface area contributed by atoms with Gasteiger partial charge in [-0.05, 0) is 137 Å². The van der Waals surface area contributed by atoms with Crippen LogP contribution in [-0.4, -0.2) is 185 Å². The van der Waals surface area contributed by atoms with Crippen LogP contribution in [0.1, 0.15) is 148 Å². The van der Waals surface area contributed by atoms with Crippen molar-refractivity contribution in [2.24, 2.45) is 40.7 Å². The Morgan fingerprint density at radius 3 is 0.886 bits per heavy atom. The molecule has 23 nitrogen and oxygen atoms in total. The maximum atomic E-state index is 13.0. The van der Waals surface area contributed by atoms with Gasteiger partial charge in [0.25, 0.3) is 0 Å². The van der Waals surface area contributed by atoms with Crippen molar-refractivity contribution >= 4 is 18.2 Å². The highest BCUT2D eigenvalue weighted by molar-refractivity contribution is 5.86. The summed E-state index contributed by atoms with van der Waals surface area (Å²) in [6.07, 6.45) is -2.72. The van der Waals surface area contributed by atoms with Gasteiger partial charge in [-0.2, -0.15) is 36.6 Å². The van der Waals surface area contributed by atoms with Gasteiger partial charge in [-0.15, -0.1) is 20.5 Å². The number of ether oxygens (including phenoxy) is 4. The number of Topliss-reactive ketones (excluding diaryl/α,β-unsaturated/α-hetero) is 1. The number of carbonyl (C=O) groups excluding carboxylic acids is 1. The van der Waals surface area contributed by atoms with Gasteiger partial charge in [0.1, 0.15) is 16.9 Å². The molecule has 0 aromatic heterocycles. The van der Waals surface area contributed by atoms with Crippen molar-refractivity contribution in [2.45, 2.75) is 214 Å². The van der Waals surface area contributed by atoms with Crippen LogP contribution >= 0.6 is 0 Å². The number of carbonyl (C=O) groups is 1. The van der Waals surface area contributed by atoms with Crippen molar-refractivity contribution in [3.63, 3.8) is 0 Å². The Balaban J connectivity index is 0.000000199. The molecule has 0 fully saturated rings. The third kappa shape index (κ3) is 27.9. The van der Waals surface area contributed by atoms with E-state index in [1.807, 2.05) is 62.9 Å². The number of halogens is 6. The molecular weight excluding hydrogens is 1380 g/mol. The Morgan fingerprint density at radius 2 is 0.648 bits per heavy atom. The molecule has 5 heterocycles. The van der Waals surface area contributed by atoms with Crippen LogP contribution in [0.15, 0.2) is 162 Å². The molecule has 0 radical (unpaired) electrons. The summed E-state index contributed by atoms with van der Waals surface area (Å²) < 4.78 is 99.0. The average molecular weight is 1480 g/mol. The summed E-state index contributed by atoms with van der Waals surface area (Å²) in [6.45, 7) is 10.9. The molecule has 0 saturated carbocycles. The third-order valence-electron chi connectivity index (χ3n) is 18.4. The number of rotatable bonds is 43. The van der Waals surface area contributed by atoms with Crippen LogP contribution in [0.3, 0.4) is 0 Å². The molecule has 5 aromatic carbocycles. The SMILES string of the molecule is CC1(c2ccc(CCC(O)COCC(O)CCc3ccc(C4(C(F)(F)F)N=N4)cc3)cc2)N=N1.CC1(c2ccc(CCC(O)COCC(O)CNO)cc2)C=N1.CCC(=O)CCC(O)COCC(O)CCc1ccc(C2(C)C=N2)cc1.CCC(O)COCC(O)CCc1ccc(C2(C(F)(F)F)N=N2)cc1. The molecule has 29 heteroatoms. The summed E-state index contributed by atoms with van der Waals surface area (Å²) in [5.41, 5.74) is 4.92. The highest BCUT2D eigenvalue weighted by Crippen LogP contribution is 2.53. The third-order valence-corrected chi connectivity index (χ3v) is 18.4. The number of ketones is 1. The van der Waals surface area contributed by atoms with E-state index in [0.29, 0.717) is 77.0 Å². The Labute approximate surface area is 608 Å². The molecule has 0 bridgehead atoms. The van der Waals surface area contributed by atoms with E-state index < -0.39 is 78.2 Å². The van der Waals surface area contributed by atoms with Crippen LogP contribution in [0.2, 0.25) is 0 Å². The lowest BCUT2D eigenvalue weighted by molar-refractivity contribution is -0.166. The second-order valence-corrected chi connectivity index (χ2v) is 27.5. The zero-order chi connectivity index (χ0) is 76.5. The fourth-order valence-electron chi connectivity index (χ4n) is 10.7. The monoisotopic (exact) mass is 1480 g/mol.